The molecule has 0 radical (unpaired) electrons. The van der Waals surface area contributed by atoms with Crippen molar-refractivity contribution < 1.29 is 16.8 Å². The molecule has 0 fully saturated rings. The van der Waals surface area contributed by atoms with Gasteiger partial charge in [-0.05, 0) is 24.3 Å². The monoisotopic (exact) mass is 251 g/mol. The van der Waals surface area contributed by atoms with Crippen molar-refractivity contribution in [1.29, 1.82) is 0 Å². The molecule has 0 bridgehead atoms. The van der Waals surface area contributed by atoms with Gasteiger partial charge in [0.1, 0.15) is 0 Å². The smallest absolute Gasteiger partial charge is 0.238 e. The molecule has 0 saturated heterocycles. The average Bonchev–Trinajstić information content (AvgIpc) is 2.14. The summed E-state index contributed by atoms with van der Waals surface area (Å²) in [5.74, 6) is 0. The Hall–Kier alpha value is -1.16. The van der Waals surface area contributed by atoms with Gasteiger partial charge in [0.15, 0.2) is 0 Å². The lowest BCUT2D eigenvalue weighted by molar-refractivity contribution is 0.597. The van der Waals surface area contributed by atoms with Gasteiger partial charge in [-0.15, -0.1) is 4.83 Å². The molecule has 9 heteroatoms. The molecule has 0 spiro atoms. The molecule has 15 heavy (non-hydrogen) atoms. The lowest BCUT2D eigenvalue weighted by Crippen LogP contribution is -2.19. The van der Waals surface area contributed by atoms with Gasteiger partial charge in [-0.1, -0.05) is 0 Å². The number of sulfonamides is 1. The Balaban J connectivity index is 2.82. The van der Waals surface area contributed by atoms with Gasteiger partial charge in [0.25, 0.3) is 0 Å². The van der Waals surface area contributed by atoms with Crippen LogP contribution in [0.4, 0.5) is 5.69 Å². The number of hydrogen-bond acceptors (Lipinski definition) is 5. The summed E-state index contributed by atoms with van der Waals surface area (Å²) >= 11 is 0. The molecule has 0 saturated carbocycles. The van der Waals surface area contributed by atoms with Crippen molar-refractivity contribution in [3.05, 3.63) is 24.3 Å². The van der Waals surface area contributed by atoms with Crippen LogP contribution in [0.25, 0.3) is 0 Å². The van der Waals surface area contributed by atoms with Crippen molar-refractivity contribution in [2.24, 2.45) is 5.14 Å². The van der Waals surface area contributed by atoms with Crippen LogP contribution in [0.3, 0.4) is 0 Å². The Morgan fingerprint density at radius 2 is 1.67 bits per heavy atom. The number of nitrogens with two attached hydrogens (primary N) is 1. The minimum absolute atomic E-state index is 0.0421. The van der Waals surface area contributed by atoms with Crippen LogP contribution in [-0.2, 0) is 20.9 Å². The van der Waals surface area contributed by atoms with Crippen LogP contribution in [0.2, 0.25) is 0 Å². The van der Waals surface area contributed by atoms with E-state index in [1.54, 1.807) is 0 Å². The molecule has 0 amide bonds. The van der Waals surface area contributed by atoms with E-state index in [1.165, 1.54) is 24.3 Å². The predicted molar refractivity (Wildman–Crippen MR) is 54.9 cm³/mol. The van der Waals surface area contributed by atoms with Gasteiger partial charge in [-0.3, -0.25) is 0 Å². The summed E-state index contributed by atoms with van der Waals surface area (Å²) in [5, 5.41) is 4.87. The fraction of sp³-hybridized carbons (Fsp3) is 0. The number of hydrazine groups is 1. The number of primary sulfonamides is 1. The fourth-order valence-electron chi connectivity index (χ4n) is 0.838. The third kappa shape index (κ3) is 3.83. The highest BCUT2D eigenvalue weighted by atomic mass is 32.2. The molecule has 0 unspecified atom stereocenters. The van der Waals surface area contributed by atoms with Crippen molar-refractivity contribution in [1.82, 2.24) is 4.83 Å². The zero-order valence-corrected chi connectivity index (χ0v) is 9.09. The van der Waals surface area contributed by atoms with E-state index in [9.17, 15) is 16.8 Å². The van der Waals surface area contributed by atoms with Gasteiger partial charge in [-0.2, -0.15) is 0 Å². The van der Waals surface area contributed by atoms with E-state index in [0.717, 1.165) is 0 Å². The van der Waals surface area contributed by atoms with Gasteiger partial charge in [0.2, 0.25) is 20.9 Å². The molecule has 0 aromatic heterocycles. The lowest BCUT2D eigenvalue weighted by Gasteiger charge is -2.03. The molecule has 0 atom stereocenters. The molecule has 0 heterocycles. The zero-order valence-electron chi connectivity index (χ0n) is 7.38. The van der Waals surface area contributed by atoms with Crippen LogP contribution in [0, 0.1) is 0 Å². The molecule has 1 rings (SSSR count). The summed E-state index contributed by atoms with van der Waals surface area (Å²) in [4.78, 5) is 1.90. The molecule has 84 valence electrons. The summed E-state index contributed by atoms with van der Waals surface area (Å²) in [5.41, 5.74) is 2.75. The Kier molecular flexibility index (Phi) is 3.63. The fourth-order valence-corrected chi connectivity index (χ4v) is 1.57. The number of hydrogen-bond donors (Lipinski definition) is 4. The van der Waals surface area contributed by atoms with Crippen LogP contribution in [-0.4, -0.2) is 16.8 Å². The largest absolute Gasteiger partial charge is 0.308 e. The van der Waals surface area contributed by atoms with E-state index in [0.29, 0.717) is 5.69 Å². The summed E-state index contributed by atoms with van der Waals surface area (Å²) in [7, 11) is -6.48. The standard InChI is InChI=1S/C6H9N3O4S2/c7-15(12,13)6-3-1-5(2-4-6)8-9-14(10)11/h1-4,8,14H,(H2,7,12,13)(H,9,10,11). The first-order valence-corrected chi connectivity index (χ1v) is 6.41. The van der Waals surface area contributed by atoms with Gasteiger partial charge in [0.05, 0.1) is 4.90 Å². The van der Waals surface area contributed by atoms with Gasteiger partial charge in [-0.25, -0.2) is 22.0 Å². The summed E-state index contributed by atoms with van der Waals surface area (Å²) < 4.78 is 42.0. The molecule has 0 aliphatic rings. The summed E-state index contributed by atoms with van der Waals surface area (Å²) in [6.45, 7) is 0. The molecular weight excluding hydrogens is 242 g/mol. The second-order valence-electron chi connectivity index (χ2n) is 2.56. The first-order chi connectivity index (χ1) is 6.89. The maximum absolute atomic E-state index is 10.9. The van der Waals surface area contributed by atoms with Crippen molar-refractivity contribution in [3.8, 4) is 0 Å². The normalized spacial score (nSPS) is 11.6. The number of anilines is 1. The van der Waals surface area contributed by atoms with E-state index in [4.69, 9.17) is 5.14 Å². The van der Waals surface area contributed by atoms with Crippen LogP contribution in [0.5, 0.6) is 0 Å². The van der Waals surface area contributed by atoms with Crippen molar-refractivity contribution in [3.63, 3.8) is 0 Å². The maximum atomic E-state index is 10.9. The van der Waals surface area contributed by atoms with Crippen LogP contribution in [0.15, 0.2) is 29.2 Å². The van der Waals surface area contributed by atoms with E-state index < -0.39 is 20.9 Å². The Morgan fingerprint density at radius 1 is 1.13 bits per heavy atom. The van der Waals surface area contributed by atoms with Crippen molar-refractivity contribution in [2.75, 3.05) is 5.43 Å². The zero-order chi connectivity index (χ0) is 11.5. The summed E-state index contributed by atoms with van der Waals surface area (Å²) in [6.07, 6.45) is 0. The van der Waals surface area contributed by atoms with Gasteiger partial charge >= 0.3 is 0 Å². The maximum Gasteiger partial charge on any atom is 0.238 e. The van der Waals surface area contributed by atoms with E-state index in [-0.39, 0.29) is 4.90 Å². The molecule has 1 aromatic rings. The number of rotatable bonds is 4. The minimum Gasteiger partial charge on any atom is -0.308 e. The highest BCUT2D eigenvalue weighted by Gasteiger charge is 2.06. The molecule has 0 aliphatic heterocycles. The Morgan fingerprint density at radius 3 is 2.07 bits per heavy atom. The first-order valence-electron chi connectivity index (χ1n) is 3.68. The van der Waals surface area contributed by atoms with Crippen LogP contribution < -0.4 is 15.4 Å². The highest BCUT2D eigenvalue weighted by Crippen LogP contribution is 2.11. The lowest BCUT2D eigenvalue weighted by atomic mass is 10.3. The minimum atomic E-state index is -3.72. The number of benzene rings is 1. The van der Waals surface area contributed by atoms with Crippen molar-refractivity contribution in [2.45, 2.75) is 4.90 Å². The Bertz CT molecular complexity index is 498. The highest BCUT2D eigenvalue weighted by molar-refractivity contribution is 7.89. The molecule has 7 nitrogen and oxygen atoms in total. The second kappa shape index (κ2) is 4.57. The Labute approximate surface area is 88.4 Å². The molecule has 4 N–H and O–H groups in total. The van der Waals surface area contributed by atoms with Crippen LogP contribution in [0.1, 0.15) is 0 Å². The van der Waals surface area contributed by atoms with Gasteiger partial charge < -0.3 is 5.43 Å². The number of thiol groups is 1. The third-order valence-corrected chi connectivity index (χ3v) is 2.70. The van der Waals surface area contributed by atoms with Gasteiger partial charge in [0, 0.05) is 5.69 Å². The second-order valence-corrected chi connectivity index (χ2v) is 4.86. The molecule has 1 aromatic carbocycles. The predicted octanol–water partition coefficient (Wildman–Crippen LogP) is -1.22. The quantitative estimate of drug-likeness (QED) is 0.395. The SMILES string of the molecule is NS(=O)(=O)c1ccc(NN[SH](=O)=O)cc1. The molecular formula is C6H9N3O4S2. The van der Waals surface area contributed by atoms with E-state index in [1.807, 2.05) is 4.83 Å². The van der Waals surface area contributed by atoms with E-state index in [2.05, 4.69) is 5.43 Å². The molecule has 0 aliphatic carbocycles. The van der Waals surface area contributed by atoms with E-state index >= 15 is 0 Å². The third-order valence-electron chi connectivity index (χ3n) is 1.47. The van der Waals surface area contributed by atoms with Crippen LogP contribution >= 0.6 is 0 Å². The number of nitrogens with one attached hydrogen (secondary N) is 2. The topological polar surface area (TPSA) is 118 Å². The first kappa shape index (κ1) is 11.9. The average molecular weight is 251 g/mol. The summed E-state index contributed by atoms with van der Waals surface area (Å²) in [6, 6.07) is 5.28. The van der Waals surface area contributed by atoms with Crippen molar-refractivity contribution >= 4 is 26.6 Å².